The molecule has 0 radical (unpaired) electrons. The monoisotopic (exact) mass is 579 g/mol. The van der Waals surface area contributed by atoms with Gasteiger partial charge in [0, 0.05) is 0 Å². The van der Waals surface area contributed by atoms with Crippen molar-refractivity contribution in [2.75, 3.05) is 25.7 Å². The molecule has 0 spiro atoms. The van der Waals surface area contributed by atoms with E-state index >= 15 is 0 Å². The van der Waals surface area contributed by atoms with Crippen LogP contribution in [0.4, 0.5) is 5.69 Å². The topological polar surface area (TPSA) is 62.9 Å². The number of carboxylic acids is 1. The number of thiazole rings is 1. The zero-order valence-corrected chi connectivity index (χ0v) is 24.0. The molecule has 1 atom stereocenters. The van der Waals surface area contributed by atoms with Crippen LogP contribution >= 0.6 is 23.1 Å². The zero-order chi connectivity index (χ0) is 25.1. The molecule has 35 heavy (non-hydrogen) atoms. The molecule has 1 aromatic carbocycles. The third-order valence-corrected chi connectivity index (χ3v) is 11.0. The SMILES string of the molecule is CCC(=Cc1sc2c([n+]1CC)[Se]C(OC)C=C2)C=C1Sc2cc(OC)c(C)cc2N1CCC(=O)O. The Bertz CT molecular complexity index is 1220. The van der Waals surface area contributed by atoms with Crippen LogP contribution in [0, 0.1) is 6.92 Å². The van der Waals surface area contributed by atoms with E-state index in [9.17, 15) is 9.90 Å². The third kappa shape index (κ3) is 5.54. The van der Waals surface area contributed by atoms with Crippen LogP contribution in [-0.2, 0) is 16.1 Å². The number of aromatic nitrogens is 1. The van der Waals surface area contributed by atoms with E-state index in [1.54, 1.807) is 26.0 Å². The van der Waals surface area contributed by atoms with Crippen molar-refractivity contribution in [3.05, 3.63) is 50.3 Å². The predicted octanol–water partition coefficient (Wildman–Crippen LogP) is 4.42. The fourth-order valence-corrected chi connectivity index (χ4v) is 9.13. The van der Waals surface area contributed by atoms with Crippen molar-refractivity contribution in [1.29, 1.82) is 0 Å². The van der Waals surface area contributed by atoms with Gasteiger partial charge >= 0.3 is 215 Å². The van der Waals surface area contributed by atoms with Crippen molar-refractivity contribution in [3.8, 4) is 5.75 Å². The summed E-state index contributed by atoms with van der Waals surface area (Å²) in [5.41, 5.74) is 3.30. The summed E-state index contributed by atoms with van der Waals surface area (Å²) in [6, 6.07) is 4.15. The first-order valence-electron chi connectivity index (χ1n) is 11.6. The number of nitrogens with zero attached hydrogens (tertiary/aromatic N) is 2. The first-order chi connectivity index (χ1) is 16.9. The Labute approximate surface area is 221 Å². The Hall–Kier alpha value is -2.03. The second-order valence-corrected chi connectivity index (χ2v) is 12.6. The normalized spacial score (nSPS) is 18.2. The van der Waals surface area contributed by atoms with Crippen LogP contribution in [0.1, 0.15) is 42.1 Å². The van der Waals surface area contributed by atoms with Crippen LogP contribution in [0.5, 0.6) is 5.75 Å². The Balaban J connectivity index is 1.71. The number of ether oxygens (including phenoxy) is 2. The molecule has 0 saturated carbocycles. The number of carboxylic acid groups (broad SMARTS) is 1. The van der Waals surface area contributed by atoms with Crippen LogP contribution in [0.2, 0.25) is 0 Å². The number of aliphatic carboxylic acids is 1. The average molecular weight is 579 g/mol. The summed E-state index contributed by atoms with van der Waals surface area (Å²) in [7, 11) is 3.46. The minimum absolute atomic E-state index is 0.0795. The average Bonchev–Trinajstić information content (AvgIpc) is 3.36. The Morgan fingerprint density at radius 2 is 2.11 bits per heavy atom. The third-order valence-electron chi connectivity index (χ3n) is 5.94. The van der Waals surface area contributed by atoms with Crippen LogP contribution in [0.25, 0.3) is 12.2 Å². The second-order valence-electron chi connectivity index (χ2n) is 8.18. The van der Waals surface area contributed by atoms with Gasteiger partial charge in [0.25, 0.3) is 0 Å². The van der Waals surface area contributed by atoms with Crippen molar-refractivity contribution >= 4 is 66.5 Å². The Kier molecular flexibility index (Phi) is 8.45. The van der Waals surface area contributed by atoms with Gasteiger partial charge in [-0.1, -0.05) is 0 Å². The summed E-state index contributed by atoms with van der Waals surface area (Å²) in [6.07, 6.45) is 9.82. The molecule has 0 bridgehead atoms. The zero-order valence-electron chi connectivity index (χ0n) is 20.7. The van der Waals surface area contributed by atoms with Crippen LogP contribution < -0.4 is 18.8 Å². The molecule has 9 heteroatoms. The quantitative estimate of drug-likeness (QED) is 0.351. The molecule has 0 saturated heterocycles. The summed E-state index contributed by atoms with van der Waals surface area (Å²) < 4.78 is 14.9. The number of methoxy groups -OCH3 is 2. The molecule has 2 aromatic rings. The Morgan fingerprint density at radius 1 is 1.31 bits per heavy atom. The molecule has 1 N–H and O–H groups in total. The van der Waals surface area contributed by atoms with E-state index in [-0.39, 0.29) is 26.4 Å². The first kappa shape index (κ1) is 26.0. The molecule has 2 aliphatic rings. The van der Waals surface area contributed by atoms with E-state index in [2.05, 4.69) is 59.8 Å². The number of allylic oxidation sites excluding steroid dienone is 2. The molecule has 4 rings (SSSR count). The standard InChI is InChI=1S/C26H30N2O4S2Se/c1-6-17(13-22-27(7-2)26-20(33-22)8-9-25(32-5)35-26)14-23-28(11-10-24(29)30)18-12-16(3)19(31-4)15-21(18)34-23/h8-9,12-15,25H,6-7,10-11H2,1-5H3/p+1. The molecule has 0 fully saturated rings. The number of anilines is 1. The summed E-state index contributed by atoms with van der Waals surface area (Å²) in [5.74, 6) is 0.0520. The number of hydrogen-bond donors (Lipinski definition) is 1. The van der Waals surface area contributed by atoms with Gasteiger partial charge in [-0.25, -0.2) is 0 Å². The van der Waals surface area contributed by atoms with Gasteiger partial charge in [-0.05, 0) is 0 Å². The second kappa shape index (κ2) is 11.4. The van der Waals surface area contributed by atoms with Crippen molar-refractivity contribution in [1.82, 2.24) is 0 Å². The van der Waals surface area contributed by atoms with Crippen molar-refractivity contribution in [2.45, 2.75) is 50.1 Å². The molecule has 6 nitrogen and oxygen atoms in total. The summed E-state index contributed by atoms with van der Waals surface area (Å²) >= 11 is 3.75. The molecule has 0 aliphatic carbocycles. The first-order valence-corrected chi connectivity index (χ1v) is 15.1. The van der Waals surface area contributed by atoms with Gasteiger partial charge in [0.1, 0.15) is 0 Å². The van der Waals surface area contributed by atoms with Gasteiger partial charge < -0.3 is 0 Å². The number of fused-ring (bicyclic) bond motifs is 2. The van der Waals surface area contributed by atoms with E-state index in [1.807, 2.05) is 18.3 Å². The van der Waals surface area contributed by atoms with Gasteiger partial charge in [-0.15, -0.1) is 0 Å². The number of thioether (sulfide) groups is 1. The minimum atomic E-state index is -0.795. The van der Waals surface area contributed by atoms with Crippen LogP contribution in [0.15, 0.2) is 39.8 Å². The van der Waals surface area contributed by atoms with Gasteiger partial charge in [0.05, 0.1) is 7.11 Å². The van der Waals surface area contributed by atoms with E-state index in [1.165, 1.54) is 20.1 Å². The number of benzene rings is 1. The van der Waals surface area contributed by atoms with Gasteiger partial charge in [0.15, 0.2) is 0 Å². The van der Waals surface area contributed by atoms with Crippen LogP contribution in [0.3, 0.4) is 0 Å². The number of hydrogen-bond acceptors (Lipinski definition) is 6. The van der Waals surface area contributed by atoms with E-state index in [4.69, 9.17) is 9.47 Å². The van der Waals surface area contributed by atoms with Crippen molar-refractivity contribution in [2.24, 2.45) is 0 Å². The molecule has 1 aromatic heterocycles. The summed E-state index contributed by atoms with van der Waals surface area (Å²) in [6.45, 7) is 7.72. The maximum atomic E-state index is 11.4. The fourth-order valence-electron chi connectivity index (χ4n) is 4.08. The van der Waals surface area contributed by atoms with Crippen molar-refractivity contribution < 1.29 is 23.9 Å². The summed E-state index contributed by atoms with van der Waals surface area (Å²) in [4.78, 5) is 15.9. The van der Waals surface area contributed by atoms with Gasteiger partial charge in [-0.3, -0.25) is 0 Å². The molecular weight excluding hydrogens is 547 g/mol. The molecule has 186 valence electrons. The molecule has 2 aliphatic heterocycles. The number of aryl methyl sites for hydroxylation is 1. The van der Waals surface area contributed by atoms with E-state index < -0.39 is 5.97 Å². The predicted molar refractivity (Wildman–Crippen MR) is 145 cm³/mol. The van der Waals surface area contributed by atoms with E-state index in [0.29, 0.717) is 6.54 Å². The Morgan fingerprint density at radius 3 is 2.77 bits per heavy atom. The van der Waals surface area contributed by atoms with Crippen LogP contribution in [-0.4, -0.2) is 51.8 Å². The molecule has 1 unspecified atom stereocenters. The van der Waals surface area contributed by atoms with Crippen molar-refractivity contribution in [3.63, 3.8) is 0 Å². The maximum absolute atomic E-state index is 11.4. The van der Waals surface area contributed by atoms with E-state index in [0.717, 1.165) is 39.9 Å². The molecule has 0 amide bonds. The van der Waals surface area contributed by atoms with Gasteiger partial charge in [0.2, 0.25) is 0 Å². The molecule has 3 heterocycles. The van der Waals surface area contributed by atoms with Gasteiger partial charge in [-0.2, -0.15) is 0 Å². The molecular formula is C26H31N2O4S2Se+. The fraction of sp³-hybridized carbons (Fsp3) is 0.385. The summed E-state index contributed by atoms with van der Waals surface area (Å²) in [5, 5.41) is 11.8. The number of rotatable bonds is 9. The number of carbonyl (C=O) groups is 1.